The number of anilines is 1. The van der Waals surface area contributed by atoms with Gasteiger partial charge in [0.15, 0.2) is 5.17 Å². The van der Waals surface area contributed by atoms with Gasteiger partial charge in [-0.1, -0.05) is 59.8 Å². The second kappa shape index (κ2) is 7.54. The number of amides is 1. The molecule has 0 bridgehead atoms. The summed E-state index contributed by atoms with van der Waals surface area (Å²) in [5, 5.41) is 0.819. The summed E-state index contributed by atoms with van der Waals surface area (Å²) in [6.45, 7) is 5.81. The highest BCUT2D eigenvalue weighted by Gasteiger charge is 2.32. The number of para-hydroxylation sites is 1. The van der Waals surface area contributed by atoms with Crippen LogP contribution in [0, 0.1) is 6.92 Å². The number of hydrogen-bond acceptors (Lipinski definition) is 4. The van der Waals surface area contributed by atoms with Gasteiger partial charge in [0.05, 0.1) is 5.25 Å². The lowest BCUT2D eigenvalue weighted by molar-refractivity contribution is -0.117. The lowest BCUT2D eigenvalue weighted by Crippen LogP contribution is -2.47. The van der Waals surface area contributed by atoms with Crippen molar-refractivity contribution in [3.8, 4) is 0 Å². The molecule has 1 saturated heterocycles. The standard InChI is InChI=1S/C21H23N3OS/c1-16-7-9-17(10-8-16)15-19-20(25)22-21(26-19)24-13-11-23(12-14-24)18-5-3-2-4-6-18/h2-10,19H,11-15H2,1H3/t19-/m1/s1. The number of amidine groups is 1. The van der Waals surface area contributed by atoms with E-state index in [9.17, 15) is 4.79 Å². The molecule has 1 fully saturated rings. The van der Waals surface area contributed by atoms with Crippen molar-refractivity contribution in [3.63, 3.8) is 0 Å². The molecule has 1 atom stereocenters. The summed E-state index contributed by atoms with van der Waals surface area (Å²) in [5.74, 6) is 0.0102. The van der Waals surface area contributed by atoms with E-state index < -0.39 is 0 Å². The van der Waals surface area contributed by atoms with Crippen LogP contribution >= 0.6 is 11.8 Å². The predicted molar refractivity (Wildman–Crippen MR) is 109 cm³/mol. The van der Waals surface area contributed by atoms with Gasteiger partial charge in [0.1, 0.15) is 0 Å². The molecule has 134 valence electrons. The first-order chi connectivity index (χ1) is 12.7. The highest BCUT2D eigenvalue weighted by atomic mass is 32.2. The van der Waals surface area contributed by atoms with Crippen LogP contribution in [0.15, 0.2) is 59.6 Å². The van der Waals surface area contributed by atoms with Crippen molar-refractivity contribution in [2.24, 2.45) is 4.99 Å². The van der Waals surface area contributed by atoms with E-state index in [1.54, 1.807) is 11.8 Å². The monoisotopic (exact) mass is 365 g/mol. The average molecular weight is 366 g/mol. The summed E-state index contributed by atoms with van der Waals surface area (Å²) in [6, 6.07) is 18.9. The molecular formula is C21H23N3OS. The lowest BCUT2D eigenvalue weighted by atomic mass is 10.1. The average Bonchev–Trinajstić information content (AvgIpc) is 3.05. The van der Waals surface area contributed by atoms with Gasteiger partial charge in [-0.25, -0.2) is 0 Å². The first kappa shape index (κ1) is 17.2. The molecule has 0 N–H and O–H groups in total. The molecule has 26 heavy (non-hydrogen) atoms. The Hall–Kier alpha value is -2.27. The Labute approximate surface area is 158 Å². The summed E-state index contributed by atoms with van der Waals surface area (Å²) in [5.41, 5.74) is 3.71. The van der Waals surface area contributed by atoms with Gasteiger partial charge >= 0.3 is 0 Å². The molecule has 2 aliphatic heterocycles. The molecule has 5 heteroatoms. The summed E-state index contributed by atoms with van der Waals surface area (Å²) < 4.78 is 0. The van der Waals surface area contributed by atoms with Crippen molar-refractivity contribution in [2.75, 3.05) is 31.1 Å². The summed E-state index contributed by atoms with van der Waals surface area (Å²) in [7, 11) is 0. The Morgan fingerprint density at radius 3 is 2.31 bits per heavy atom. The SMILES string of the molecule is Cc1ccc(C[C@H]2SC(N3CCN(c4ccccc4)CC3)=NC2=O)cc1. The number of carbonyl (C=O) groups excluding carboxylic acids is 1. The number of aryl methyl sites for hydroxylation is 1. The van der Waals surface area contributed by atoms with Gasteiger partial charge in [0.25, 0.3) is 5.91 Å². The molecule has 2 aromatic carbocycles. The van der Waals surface area contributed by atoms with E-state index in [-0.39, 0.29) is 11.2 Å². The number of benzene rings is 2. The van der Waals surface area contributed by atoms with Crippen LogP contribution < -0.4 is 4.90 Å². The maximum atomic E-state index is 12.3. The van der Waals surface area contributed by atoms with Crippen molar-refractivity contribution in [1.29, 1.82) is 0 Å². The van der Waals surface area contributed by atoms with Crippen LogP contribution in [0.5, 0.6) is 0 Å². The minimum absolute atomic E-state index is 0.0102. The van der Waals surface area contributed by atoms with Gasteiger partial charge in [0, 0.05) is 31.9 Å². The molecule has 0 saturated carbocycles. The molecular weight excluding hydrogens is 342 g/mol. The Kier molecular flexibility index (Phi) is 4.98. The predicted octanol–water partition coefficient (Wildman–Crippen LogP) is 3.36. The van der Waals surface area contributed by atoms with E-state index in [0.29, 0.717) is 0 Å². The second-order valence-corrected chi connectivity index (χ2v) is 8.01. The zero-order valence-electron chi connectivity index (χ0n) is 15.0. The van der Waals surface area contributed by atoms with Crippen LogP contribution in [0.25, 0.3) is 0 Å². The van der Waals surface area contributed by atoms with Gasteiger partial charge in [-0.3, -0.25) is 4.79 Å². The van der Waals surface area contributed by atoms with Crippen LogP contribution in [-0.2, 0) is 11.2 Å². The molecule has 4 nitrogen and oxygen atoms in total. The van der Waals surface area contributed by atoms with Gasteiger partial charge < -0.3 is 9.80 Å². The van der Waals surface area contributed by atoms with Crippen molar-refractivity contribution in [3.05, 3.63) is 65.7 Å². The van der Waals surface area contributed by atoms with Crippen LogP contribution in [-0.4, -0.2) is 47.4 Å². The third kappa shape index (κ3) is 3.78. The third-order valence-electron chi connectivity index (χ3n) is 4.94. The van der Waals surface area contributed by atoms with E-state index in [2.05, 4.69) is 70.2 Å². The molecule has 2 heterocycles. The van der Waals surface area contributed by atoms with Gasteiger partial charge in [-0.2, -0.15) is 4.99 Å². The van der Waals surface area contributed by atoms with E-state index in [4.69, 9.17) is 0 Å². The topological polar surface area (TPSA) is 35.9 Å². The zero-order chi connectivity index (χ0) is 17.9. The van der Waals surface area contributed by atoms with Crippen LogP contribution in [0.3, 0.4) is 0 Å². The fraction of sp³-hybridized carbons (Fsp3) is 0.333. The van der Waals surface area contributed by atoms with E-state index in [0.717, 1.165) is 37.8 Å². The van der Waals surface area contributed by atoms with E-state index in [1.165, 1.54) is 16.8 Å². The quantitative estimate of drug-likeness (QED) is 0.836. The highest BCUT2D eigenvalue weighted by Crippen LogP contribution is 2.29. The fourth-order valence-electron chi connectivity index (χ4n) is 3.38. The lowest BCUT2D eigenvalue weighted by Gasteiger charge is -2.36. The Bertz CT molecular complexity index is 796. The first-order valence-corrected chi connectivity index (χ1v) is 9.97. The normalized spacial score (nSPS) is 20.4. The van der Waals surface area contributed by atoms with E-state index >= 15 is 0 Å². The molecule has 0 spiro atoms. The minimum atomic E-state index is -0.0835. The second-order valence-electron chi connectivity index (χ2n) is 6.84. The number of carbonyl (C=O) groups is 1. The highest BCUT2D eigenvalue weighted by molar-refractivity contribution is 8.15. The van der Waals surface area contributed by atoms with Crippen LogP contribution in [0.2, 0.25) is 0 Å². The van der Waals surface area contributed by atoms with Gasteiger partial charge in [0.2, 0.25) is 0 Å². The van der Waals surface area contributed by atoms with E-state index in [1.807, 2.05) is 6.07 Å². The molecule has 2 aromatic rings. The molecule has 0 radical (unpaired) electrons. The Morgan fingerprint density at radius 2 is 1.62 bits per heavy atom. The number of rotatable bonds is 3. The fourth-order valence-corrected chi connectivity index (χ4v) is 4.54. The molecule has 0 aromatic heterocycles. The van der Waals surface area contributed by atoms with Gasteiger partial charge in [-0.15, -0.1) is 0 Å². The zero-order valence-corrected chi connectivity index (χ0v) is 15.8. The smallest absolute Gasteiger partial charge is 0.262 e. The number of thioether (sulfide) groups is 1. The van der Waals surface area contributed by atoms with Gasteiger partial charge in [-0.05, 0) is 31.0 Å². The van der Waals surface area contributed by atoms with Crippen LogP contribution in [0.4, 0.5) is 5.69 Å². The molecule has 2 aliphatic rings. The third-order valence-corrected chi connectivity index (χ3v) is 6.16. The van der Waals surface area contributed by atoms with Crippen LogP contribution in [0.1, 0.15) is 11.1 Å². The number of hydrogen-bond donors (Lipinski definition) is 0. The summed E-state index contributed by atoms with van der Waals surface area (Å²) >= 11 is 1.63. The minimum Gasteiger partial charge on any atom is -0.368 e. The maximum absolute atomic E-state index is 12.3. The first-order valence-electron chi connectivity index (χ1n) is 9.09. The molecule has 4 rings (SSSR count). The van der Waals surface area contributed by atoms with Crippen molar-refractivity contribution >= 4 is 28.5 Å². The van der Waals surface area contributed by atoms with Crippen molar-refractivity contribution in [1.82, 2.24) is 4.90 Å². The van der Waals surface area contributed by atoms with Crippen molar-refractivity contribution in [2.45, 2.75) is 18.6 Å². The molecule has 0 aliphatic carbocycles. The molecule has 0 unspecified atom stereocenters. The Morgan fingerprint density at radius 1 is 0.962 bits per heavy atom. The summed E-state index contributed by atoms with van der Waals surface area (Å²) in [4.78, 5) is 21.3. The Balaban J connectivity index is 1.34. The number of piperazine rings is 1. The maximum Gasteiger partial charge on any atom is 0.262 e. The summed E-state index contributed by atoms with van der Waals surface area (Å²) in [6.07, 6.45) is 0.751. The number of aliphatic imine (C=N–C) groups is 1. The largest absolute Gasteiger partial charge is 0.368 e. The molecule has 1 amide bonds. The van der Waals surface area contributed by atoms with Crippen molar-refractivity contribution < 1.29 is 4.79 Å². The number of nitrogens with zero attached hydrogens (tertiary/aromatic N) is 3.